The van der Waals surface area contributed by atoms with Crippen LogP contribution in [0.5, 0.6) is 0 Å². The largest absolute Gasteiger partial charge is 0.433 e. The molecule has 0 aliphatic carbocycles. The molecule has 0 fully saturated rings. The van der Waals surface area contributed by atoms with Gasteiger partial charge in [-0.15, -0.1) is 0 Å². The van der Waals surface area contributed by atoms with Crippen molar-refractivity contribution < 1.29 is 4.42 Å². The first kappa shape index (κ1) is 15.1. The smallest absolute Gasteiger partial charge is 0.246 e. The molecule has 0 saturated heterocycles. The van der Waals surface area contributed by atoms with Crippen molar-refractivity contribution in [2.45, 2.75) is 0 Å². The molecule has 6 aromatic rings. The third kappa shape index (κ3) is 2.16. The Morgan fingerprint density at radius 3 is 2.18 bits per heavy atom. The molecule has 0 amide bonds. The van der Waals surface area contributed by atoms with Crippen LogP contribution in [0.4, 0.5) is 0 Å². The predicted molar refractivity (Wildman–Crippen MR) is 109 cm³/mol. The van der Waals surface area contributed by atoms with E-state index in [0.29, 0.717) is 17.2 Å². The molecule has 0 aliphatic rings. The Labute approximate surface area is 159 Å². The lowest BCUT2D eigenvalue weighted by Gasteiger charge is -2.07. The summed E-state index contributed by atoms with van der Waals surface area (Å²) >= 11 is 0. The molecule has 2 aromatic carbocycles. The zero-order valence-corrected chi connectivity index (χ0v) is 14.8. The van der Waals surface area contributed by atoms with Gasteiger partial charge >= 0.3 is 0 Å². The minimum Gasteiger partial charge on any atom is -0.433 e. The van der Waals surface area contributed by atoms with Gasteiger partial charge in [-0.2, -0.15) is 0 Å². The van der Waals surface area contributed by atoms with Crippen LogP contribution in [0.2, 0.25) is 0 Å². The number of pyridine rings is 2. The van der Waals surface area contributed by atoms with E-state index >= 15 is 0 Å². The second-order valence-electron chi connectivity index (χ2n) is 6.63. The van der Waals surface area contributed by atoms with Gasteiger partial charge in [0, 0.05) is 17.0 Å². The van der Waals surface area contributed by atoms with Gasteiger partial charge in [-0.1, -0.05) is 36.4 Å². The lowest BCUT2D eigenvalue weighted by atomic mass is 10.2. The fourth-order valence-electron chi connectivity index (χ4n) is 3.74. The Balaban J connectivity index is 1.52. The highest BCUT2D eigenvalue weighted by Gasteiger charge is 2.13. The predicted octanol–water partition coefficient (Wildman–Crippen LogP) is 5.38. The minimum atomic E-state index is 0.497. The molecule has 132 valence electrons. The quantitative estimate of drug-likeness (QED) is 0.415. The first-order valence-electron chi connectivity index (χ1n) is 9.04. The summed E-state index contributed by atoms with van der Waals surface area (Å²) < 4.78 is 8.02. The summed E-state index contributed by atoms with van der Waals surface area (Å²) in [6.07, 6.45) is 5.23. The van der Waals surface area contributed by atoms with Crippen molar-refractivity contribution in [1.29, 1.82) is 0 Å². The van der Waals surface area contributed by atoms with Crippen LogP contribution in [0.25, 0.3) is 50.2 Å². The number of aromatic nitrogens is 4. The van der Waals surface area contributed by atoms with Crippen molar-refractivity contribution in [2.24, 2.45) is 0 Å². The van der Waals surface area contributed by atoms with Gasteiger partial charge in [-0.25, -0.2) is 9.97 Å². The fraction of sp³-hybridized carbons (Fsp3) is 0. The molecule has 0 spiro atoms. The normalized spacial score (nSPS) is 11.6. The Morgan fingerprint density at radius 2 is 1.50 bits per heavy atom. The summed E-state index contributed by atoms with van der Waals surface area (Å²) in [4.78, 5) is 13.2. The lowest BCUT2D eigenvalue weighted by molar-refractivity contribution is 0.615. The first-order chi connectivity index (χ1) is 13.9. The number of rotatable bonds is 2. The molecule has 4 heterocycles. The van der Waals surface area contributed by atoms with E-state index in [2.05, 4.69) is 68.0 Å². The van der Waals surface area contributed by atoms with Crippen LogP contribution in [-0.4, -0.2) is 19.5 Å². The maximum Gasteiger partial charge on any atom is 0.246 e. The number of hydrogen-bond acceptors (Lipinski definition) is 4. The maximum absolute atomic E-state index is 5.78. The second kappa shape index (κ2) is 5.76. The Hall–Kier alpha value is -3.99. The minimum absolute atomic E-state index is 0.497. The molecule has 28 heavy (non-hydrogen) atoms. The maximum atomic E-state index is 5.78. The molecule has 0 bridgehead atoms. The highest BCUT2D eigenvalue weighted by Crippen LogP contribution is 2.32. The van der Waals surface area contributed by atoms with E-state index in [0.717, 1.165) is 22.2 Å². The summed E-state index contributed by atoms with van der Waals surface area (Å²) in [6.45, 7) is 0. The van der Waals surface area contributed by atoms with Gasteiger partial charge in [0.05, 0.1) is 29.1 Å². The van der Waals surface area contributed by atoms with Crippen LogP contribution < -0.4 is 0 Å². The number of fused-ring (bicyclic) bond motifs is 4. The molecule has 0 unspecified atom stereocenters. The van der Waals surface area contributed by atoms with Gasteiger partial charge in [0.15, 0.2) is 5.58 Å². The summed E-state index contributed by atoms with van der Waals surface area (Å²) in [5.74, 6) is 0.497. The van der Waals surface area contributed by atoms with E-state index in [4.69, 9.17) is 4.42 Å². The summed E-state index contributed by atoms with van der Waals surface area (Å²) in [5, 5.41) is 2.46. The van der Waals surface area contributed by atoms with E-state index in [1.807, 2.05) is 24.4 Å². The molecule has 5 heteroatoms. The average molecular weight is 362 g/mol. The topological polar surface area (TPSA) is 56.7 Å². The summed E-state index contributed by atoms with van der Waals surface area (Å²) in [6, 6.07) is 22.7. The summed E-state index contributed by atoms with van der Waals surface area (Å²) in [7, 11) is 0. The SMILES string of the molecule is c1ccc2c(c1)c1ccccc1n2-c1ccc(-c2nc3ccncc3o2)nc1. The van der Waals surface area contributed by atoms with E-state index in [1.165, 1.54) is 10.8 Å². The van der Waals surface area contributed by atoms with E-state index in [1.54, 1.807) is 12.4 Å². The van der Waals surface area contributed by atoms with E-state index < -0.39 is 0 Å². The van der Waals surface area contributed by atoms with Crippen LogP contribution in [0.15, 0.2) is 89.7 Å². The molecular weight excluding hydrogens is 348 g/mol. The van der Waals surface area contributed by atoms with Gasteiger partial charge < -0.3 is 8.98 Å². The van der Waals surface area contributed by atoms with Crippen molar-refractivity contribution in [2.75, 3.05) is 0 Å². The molecule has 0 atom stereocenters. The van der Waals surface area contributed by atoms with Gasteiger partial charge in [0.25, 0.3) is 0 Å². The zero-order valence-electron chi connectivity index (χ0n) is 14.8. The van der Waals surface area contributed by atoms with Crippen molar-refractivity contribution >= 4 is 32.9 Å². The monoisotopic (exact) mass is 362 g/mol. The van der Waals surface area contributed by atoms with Crippen molar-refractivity contribution in [1.82, 2.24) is 19.5 Å². The van der Waals surface area contributed by atoms with Crippen molar-refractivity contribution in [3.63, 3.8) is 0 Å². The van der Waals surface area contributed by atoms with Gasteiger partial charge in [0.2, 0.25) is 5.89 Å². The highest BCUT2D eigenvalue weighted by molar-refractivity contribution is 6.09. The van der Waals surface area contributed by atoms with Gasteiger partial charge in [-0.05, 0) is 30.3 Å². The third-order valence-corrected chi connectivity index (χ3v) is 5.00. The molecular formula is C23H14N4O. The first-order valence-corrected chi connectivity index (χ1v) is 9.04. The fourth-order valence-corrected chi connectivity index (χ4v) is 3.74. The average Bonchev–Trinajstić information content (AvgIpc) is 3.33. The van der Waals surface area contributed by atoms with Gasteiger partial charge in [-0.3, -0.25) is 4.98 Å². The standard InChI is InChI=1S/C23H14N4O/c1-3-7-20-16(5-1)17-6-2-4-8-21(17)27(20)15-9-10-19(25-13-15)23-26-18-11-12-24-14-22(18)28-23/h1-14H. The number of hydrogen-bond donors (Lipinski definition) is 0. The Morgan fingerprint density at radius 1 is 0.750 bits per heavy atom. The third-order valence-electron chi connectivity index (χ3n) is 5.00. The molecule has 5 nitrogen and oxygen atoms in total. The van der Waals surface area contributed by atoms with E-state index in [9.17, 15) is 0 Å². The number of oxazole rings is 1. The van der Waals surface area contributed by atoms with Crippen molar-refractivity contribution in [3.05, 3.63) is 85.3 Å². The highest BCUT2D eigenvalue weighted by atomic mass is 16.3. The molecule has 0 aliphatic heterocycles. The molecule has 0 N–H and O–H groups in total. The van der Waals surface area contributed by atoms with Gasteiger partial charge in [0.1, 0.15) is 11.2 Å². The Kier molecular flexibility index (Phi) is 3.10. The molecule has 0 radical (unpaired) electrons. The van der Waals surface area contributed by atoms with E-state index in [-0.39, 0.29) is 0 Å². The zero-order chi connectivity index (χ0) is 18.5. The number of benzene rings is 2. The lowest BCUT2D eigenvalue weighted by Crippen LogP contribution is -1.95. The van der Waals surface area contributed by atoms with Crippen molar-refractivity contribution in [3.8, 4) is 17.3 Å². The molecule has 6 rings (SSSR count). The molecule has 4 aromatic heterocycles. The van der Waals surface area contributed by atoms with Crippen LogP contribution >= 0.6 is 0 Å². The Bertz CT molecular complexity index is 1370. The second-order valence-corrected chi connectivity index (χ2v) is 6.63. The van der Waals surface area contributed by atoms with Crippen LogP contribution in [0.3, 0.4) is 0 Å². The van der Waals surface area contributed by atoms with Crippen LogP contribution in [-0.2, 0) is 0 Å². The number of para-hydroxylation sites is 2. The van der Waals surface area contributed by atoms with Crippen LogP contribution in [0, 0.1) is 0 Å². The molecule has 0 saturated carbocycles. The van der Waals surface area contributed by atoms with Crippen LogP contribution in [0.1, 0.15) is 0 Å². The number of nitrogens with zero attached hydrogens (tertiary/aromatic N) is 4. The summed E-state index contributed by atoms with van der Waals surface area (Å²) in [5.41, 5.74) is 5.45.